The Bertz CT molecular complexity index is 935. The molecule has 1 heterocycles. The number of carbonyl (C=O) groups excluding carboxylic acids is 2. The third kappa shape index (κ3) is 4.98. The first-order valence-corrected chi connectivity index (χ1v) is 9.60. The second-order valence-corrected chi connectivity index (χ2v) is 7.46. The highest BCUT2D eigenvalue weighted by atomic mass is 32.1. The van der Waals surface area contributed by atoms with Crippen LogP contribution < -0.4 is 10.1 Å². The van der Waals surface area contributed by atoms with Crippen LogP contribution in [-0.4, -0.2) is 25.6 Å². The summed E-state index contributed by atoms with van der Waals surface area (Å²) in [5.74, 6) is -0.123. The molecule has 3 aromatic rings. The monoisotopic (exact) mass is 395 g/mol. The first-order valence-electron chi connectivity index (χ1n) is 8.78. The topological polar surface area (TPSA) is 64.6 Å². The largest absolute Gasteiger partial charge is 0.497 e. The van der Waals surface area contributed by atoms with Crippen molar-refractivity contribution in [1.29, 1.82) is 0 Å². The minimum absolute atomic E-state index is 0.338. The number of ether oxygens (including phenoxy) is 2. The lowest BCUT2D eigenvalue weighted by molar-refractivity contribution is -0.124. The molecule has 0 bridgehead atoms. The molecule has 1 amide bonds. The molecular weight excluding hydrogens is 374 g/mol. The van der Waals surface area contributed by atoms with Crippen molar-refractivity contribution in [3.63, 3.8) is 0 Å². The molecule has 0 unspecified atom stereocenters. The molecule has 1 atom stereocenters. The normalized spacial score (nSPS) is 11.5. The number of methoxy groups -OCH3 is 1. The van der Waals surface area contributed by atoms with Crippen LogP contribution in [0.15, 0.2) is 66.7 Å². The van der Waals surface area contributed by atoms with E-state index >= 15 is 0 Å². The number of aryl methyl sites for hydroxylation is 1. The van der Waals surface area contributed by atoms with E-state index in [2.05, 4.69) is 5.32 Å². The lowest BCUT2D eigenvalue weighted by atomic mass is 9.98. The van der Waals surface area contributed by atoms with Gasteiger partial charge in [-0.1, -0.05) is 42.5 Å². The predicted molar refractivity (Wildman–Crippen MR) is 109 cm³/mol. The minimum Gasteiger partial charge on any atom is -0.497 e. The predicted octanol–water partition coefficient (Wildman–Crippen LogP) is 4.13. The molecule has 3 rings (SSSR count). The lowest BCUT2D eigenvalue weighted by Gasteiger charge is -2.20. The van der Waals surface area contributed by atoms with Crippen LogP contribution in [0.1, 0.15) is 31.7 Å². The quantitative estimate of drug-likeness (QED) is 0.611. The average Bonchev–Trinajstić information content (AvgIpc) is 3.17. The zero-order valence-electron chi connectivity index (χ0n) is 15.7. The van der Waals surface area contributed by atoms with Crippen LogP contribution in [0.2, 0.25) is 0 Å². The maximum Gasteiger partial charge on any atom is 0.348 e. The summed E-state index contributed by atoms with van der Waals surface area (Å²) in [7, 11) is 1.61. The van der Waals surface area contributed by atoms with Crippen LogP contribution in [0.25, 0.3) is 0 Å². The number of amides is 1. The van der Waals surface area contributed by atoms with E-state index < -0.39 is 5.97 Å². The number of rotatable bonds is 7. The summed E-state index contributed by atoms with van der Waals surface area (Å²) >= 11 is 1.34. The minimum atomic E-state index is -0.492. The third-order valence-electron chi connectivity index (χ3n) is 4.16. The molecule has 144 valence electrons. The van der Waals surface area contributed by atoms with Gasteiger partial charge in [0.25, 0.3) is 5.91 Å². The van der Waals surface area contributed by atoms with Crippen molar-refractivity contribution in [2.45, 2.75) is 13.0 Å². The fourth-order valence-corrected chi connectivity index (χ4v) is 3.51. The Morgan fingerprint density at radius 3 is 2.25 bits per heavy atom. The van der Waals surface area contributed by atoms with Gasteiger partial charge in [-0.2, -0.15) is 0 Å². The average molecular weight is 395 g/mol. The smallest absolute Gasteiger partial charge is 0.348 e. The fourth-order valence-electron chi connectivity index (χ4n) is 2.75. The van der Waals surface area contributed by atoms with Gasteiger partial charge in [0.15, 0.2) is 6.61 Å². The first kappa shape index (κ1) is 19.6. The molecule has 0 aliphatic heterocycles. The number of esters is 1. The molecule has 0 saturated carbocycles. The Labute approximate surface area is 167 Å². The van der Waals surface area contributed by atoms with Gasteiger partial charge in [-0.15, -0.1) is 11.3 Å². The van der Waals surface area contributed by atoms with Gasteiger partial charge < -0.3 is 14.8 Å². The standard InChI is InChI=1S/C22H21NO4S/c1-15-8-13-19(28-15)22(25)27-14-20(24)23-21(16-6-4-3-5-7-16)17-9-11-18(26-2)12-10-17/h3-13,21H,14H2,1-2H3,(H,23,24)/t21-/m1/s1. The van der Waals surface area contributed by atoms with Crippen molar-refractivity contribution >= 4 is 23.2 Å². The van der Waals surface area contributed by atoms with Crippen molar-refractivity contribution in [1.82, 2.24) is 5.32 Å². The van der Waals surface area contributed by atoms with Crippen LogP contribution in [0.4, 0.5) is 0 Å². The molecule has 6 heteroatoms. The summed E-state index contributed by atoms with van der Waals surface area (Å²) in [6, 6.07) is 20.3. The van der Waals surface area contributed by atoms with E-state index in [9.17, 15) is 9.59 Å². The number of thiophene rings is 1. The highest BCUT2D eigenvalue weighted by molar-refractivity contribution is 7.13. The van der Waals surface area contributed by atoms with Gasteiger partial charge in [-0.05, 0) is 42.3 Å². The van der Waals surface area contributed by atoms with Crippen LogP contribution in [0.5, 0.6) is 5.75 Å². The van der Waals surface area contributed by atoms with Crippen LogP contribution in [-0.2, 0) is 9.53 Å². The van der Waals surface area contributed by atoms with E-state index in [0.717, 1.165) is 21.8 Å². The van der Waals surface area contributed by atoms with Crippen molar-refractivity contribution in [3.8, 4) is 5.75 Å². The number of nitrogens with one attached hydrogen (secondary N) is 1. The van der Waals surface area contributed by atoms with Gasteiger partial charge >= 0.3 is 5.97 Å². The summed E-state index contributed by atoms with van der Waals surface area (Å²) in [5, 5.41) is 2.95. The Hall–Kier alpha value is -3.12. The Balaban J connectivity index is 1.70. The maximum atomic E-state index is 12.5. The van der Waals surface area contributed by atoms with Gasteiger partial charge in [0.2, 0.25) is 0 Å². The summed E-state index contributed by atoms with van der Waals surface area (Å²) in [5.41, 5.74) is 1.83. The van der Waals surface area contributed by atoms with E-state index in [-0.39, 0.29) is 18.6 Å². The van der Waals surface area contributed by atoms with E-state index in [1.807, 2.05) is 67.6 Å². The highest BCUT2D eigenvalue weighted by Crippen LogP contribution is 2.24. The molecule has 0 spiro atoms. The fraction of sp³-hybridized carbons (Fsp3) is 0.182. The molecule has 1 N–H and O–H groups in total. The zero-order chi connectivity index (χ0) is 19.9. The Morgan fingerprint density at radius 2 is 1.64 bits per heavy atom. The van der Waals surface area contributed by atoms with Crippen molar-refractivity contribution in [2.75, 3.05) is 13.7 Å². The van der Waals surface area contributed by atoms with Gasteiger partial charge in [0, 0.05) is 4.88 Å². The molecule has 0 aliphatic carbocycles. The van der Waals surface area contributed by atoms with Gasteiger partial charge in [0.05, 0.1) is 13.2 Å². The lowest BCUT2D eigenvalue weighted by Crippen LogP contribution is -2.33. The van der Waals surface area contributed by atoms with Gasteiger partial charge in [0.1, 0.15) is 10.6 Å². The summed E-state index contributed by atoms with van der Waals surface area (Å²) in [6.45, 7) is 1.57. The Morgan fingerprint density at radius 1 is 0.964 bits per heavy atom. The third-order valence-corrected chi connectivity index (χ3v) is 5.14. The van der Waals surface area contributed by atoms with Gasteiger partial charge in [-0.25, -0.2) is 4.79 Å². The highest BCUT2D eigenvalue weighted by Gasteiger charge is 2.18. The van der Waals surface area contributed by atoms with Crippen LogP contribution >= 0.6 is 11.3 Å². The molecule has 28 heavy (non-hydrogen) atoms. The molecule has 0 fully saturated rings. The molecular formula is C22H21NO4S. The van der Waals surface area contributed by atoms with Crippen molar-refractivity contribution in [3.05, 3.63) is 87.6 Å². The van der Waals surface area contributed by atoms with Gasteiger partial charge in [-0.3, -0.25) is 4.79 Å². The first-order chi connectivity index (χ1) is 13.6. The number of hydrogen-bond acceptors (Lipinski definition) is 5. The van der Waals surface area contributed by atoms with E-state index in [1.54, 1.807) is 13.2 Å². The SMILES string of the molecule is COc1ccc([C@H](NC(=O)COC(=O)c2ccc(C)s2)c2ccccc2)cc1. The molecule has 0 radical (unpaired) electrons. The zero-order valence-corrected chi connectivity index (χ0v) is 16.5. The Kier molecular flexibility index (Phi) is 6.45. The molecule has 2 aromatic carbocycles. The van der Waals surface area contributed by atoms with E-state index in [4.69, 9.17) is 9.47 Å². The number of benzene rings is 2. The summed E-state index contributed by atoms with van der Waals surface area (Å²) in [6.07, 6.45) is 0. The molecule has 0 aliphatic rings. The second kappa shape index (κ2) is 9.19. The molecule has 0 saturated heterocycles. The van der Waals surface area contributed by atoms with E-state index in [1.165, 1.54) is 11.3 Å². The summed E-state index contributed by atoms with van der Waals surface area (Å²) < 4.78 is 10.4. The molecule has 1 aromatic heterocycles. The van der Waals surface area contributed by atoms with Crippen LogP contribution in [0, 0.1) is 6.92 Å². The van der Waals surface area contributed by atoms with Crippen molar-refractivity contribution in [2.24, 2.45) is 0 Å². The second-order valence-electron chi connectivity index (χ2n) is 6.17. The van der Waals surface area contributed by atoms with E-state index in [0.29, 0.717) is 4.88 Å². The number of carbonyl (C=O) groups is 2. The van der Waals surface area contributed by atoms with Crippen LogP contribution in [0.3, 0.4) is 0 Å². The van der Waals surface area contributed by atoms with Crippen molar-refractivity contribution < 1.29 is 19.1 Å². The number of hydrogen-bond donors (Lipinski definition) is 1. The summed E-state index contributed by atoms with van der Waals surface area (Å²) in [4.78, 5) is 26.0. The molecule has 5 nitrogen and oxygen atoms in total. The maximum absolute atomic E-state index is 12.5.